The molecule has 150 valence electrons. The number of thiocarbonyl (C=S) groups is 1. The van der Waals surface area contributed by atoms with Crippen molar-refractivity contribution in [2.45, 2.75) is 57.7 Å². The predicted molar refractivity (Wildman–Crippen MR) is 115 cm³/mol. The summed E-state index contributed by atoms with van der Waals surface area (Å²) >= 11 is 5.72. The van der Waals surface area contributed by atoms with Crippen LogP contribution in [0.15, 0.2) is 30.5 Å². The highest BCUT2D eigenvalue weighted by Gasteiger charge is 2.41. The zero-order chi connectivity index (χ0) is 19.7. The number of nitrogens with one attached hydrogen (secondary N) is 1. The van der Waals surface area contributed by atoms with Crippen molar-refractivity contribution in [1.29, 1.82) is 0 Å². The van der Waals surface area contributed by atoms with E-state index in [1.165, 1.54) is 42.6 Å². The molecule has 3 heterocycles. The van der Waals surface area contributed by atoms with Crippen LogP contribution in [0.2, 0.25) is 0 Å². The van der Waals surface area contributed by atoms with E-state index in [-0.39, 0.29) is 12.1 Å². The molecule has 5 nitrogen and oxygen atoms in total. The van der Waals surface area contributed by atoms with Crippen LogP contribution < -0.4 is 5.32 Å². The quantitative estimate of drug-likeness (QED) is 0.738. The molecule has 1 aliphatic heterocycles. The highest BCUT2D eigenvalue weighted by molar-refractivity contribution is 7.80. The zero-order valence-corrected chi connectivity index (χ0v) is 17.8. The fourth-order valence-electron chi connectivity index (χ4n) is 5.00. The molecule has 2 atom stereocenters. The minimum atomic E-state index is 0.0445. The summed E-state index contributed by atoms with van der Waals surface area (Å²) in [5.74, 6) is 0. The monoisotopic (exact) mass is 398 g/mol. The first-order valence-corrected chi connectivity index (χ1v) is 10.7. The molecule has 1 saturated carbocycles. The Morgan fingerprint density at radius 2 is 2.04 bits per heavy atom. The average molecular weight is 399 g/mol. The van der Waals surface area contributed by atoms with Crippen LogP contribution in [0.3, 0.4) is 0 Å². The molecule has 28 heavy (non-hydrogen) atoms. The number of hydrogen-bond donors (Lipinski definition) is 1. The van der Waals surface area contributed by atoms with Crippen LogP contribution in [0.5, 0.6) is 0 Å². The van der Waals surface area contributed by atoms with Crippen molar-refractivity contribution >= 4 is 17.3 Å². The maximum Gasteiger partial charge on any atom is 0.170 e. The van der Waals surface area contributed by atoms with E-state index in [9.17, 15) is 0 Å². The minimum absolute atomic E-state index is 0.0445. The molecular formula is C22H30N4OS. The molecule has 0 unspecified atom stereocenters. The zero-order valence-electron chi connectivity index (χ0n) is 17.0. The van der Waals surface area contributed by atoms with E-state index in [1.54, 1.807) is 7.11 Å². The van der Waals surface area contributed by atoms with Gasteiger partial charge in [-0.1, -0.05) is 18.9 Å². The Labute approximate surface area is 173 Å². The number of hydrogen-bond acceptors (Lipinski definition) is 3. The Bertz CT molecular complexity index is 829. The van der Waals surface area contributed by atoms with Gasteiger partial charge in [-0.25, -0.2) is 0 Å². The van der Waals surface area contributed by atoms with Gasteiger partial charge in [-0.05, 0) is 62.7 Å². The molecule has 2 aromatic rings. The smallest absolute Gasteiger partial charge is 0.170 e. The average Bonchev–Trinajstić information content (AvgIpc) is 3.39. The van der Waals surface area contributed by atoms with Crippen LogP contribution in [-0.2, 0) is 4.74 Å². The number of methoxy groups -OCH3 is 1. The maximum absolute atomic E-state index is 5.72. The first-order valence-electron chi connectivity index (χ1n) is 10.3. The van der Waals surface area contributed by atoms with Crippen molar-refractivity contribution in [1.82, 2.24) is 19.8 Å². The number of ether oxygens (including phenoxy) is 1. The molecule has 0 aromatic carbocycles. The van der Waals surface area contributed by atoms with Crippen LogP contribution in [0.1, 0.15) is 66.5 Å². The second-order valence-electron chi connectivity index (χ2n) is 7.95. The third-order valence-corrected chi connectivity index (χ3v) is 6.62. The Hall–Kier alpha value is -1.92. The topological polar surface area (TPSA) is 42.3 Å². The highest BCUT2D eigenvalue weighted by Crippen LogP contribution is 2.42. The van der Waals surface area contributed by atoms with Gasteiger partial charge in [-0.3, -0.25) is 4.98 Å². The maximum atomic E-state index is 5.72. The van der Waals surface area contributed by atoms with E-state index in [0.29, 0.717) is 12.6 Å². The fraction of sp³-hybridized carbons (Fsp3) is 0.545. The lowest BCUT2D eigenvalue weighted by molar-refractivity contribution is 0.164. The van der Waals surface area contributed by atoms with Gasteiger partial charge in [0.15, 0.2) is 5.11 Å². The molecule has 2 aromatic heterocycles. The number of rotatable bonds is 6. The largest absolute Gasteiger partial charge is 0.383 e. The van der Waals surface area contributed by atoms with Crippen molar-refractivity contribution in [2.75, 3.05) is 20.3 Å². The SMILES string of the molecule is COCCN1C(=S)N[C@H](c2ccccn2)[C@H]1c1cc(C)n(C2CCCC2)c1C. The molecule has 2 fully saturated rings. The molecule has 0 radical (unpaired) electrons. The predicted octanol–water partition coefficient (Wildman–Crippen LogP) is 4.23. The summed E-state index contributed by atoms with van der Waals surface area (Å²) in [5.41, 5.74) is 5.09. The molecular weight excluding hydrogens is 368 g/mol. The van der Waals surface area contributed by atoms with Crippen LogP contribution in [0.4, 0.5) is 0 Å². The standard InChI is InChI=1S/C22H30N4OS/c1-15-14-18(16(2)26(15)17-8-4-5-9-17)21-20(19-10-6-7-11-23-19)24-22(28)25(21)12-13-27-3/h6-7,10-11,14,17,20-21H,4-5,8-9,12-13H2,1-3H3,(H,24,28)/t20-,21-/m1/s1. The van der Waals surface area contributed by atoms with Crippen LogP contribution in [0, 0.1) is 13.8 Å². The van der Waals surface area contributed by atoms with Gasteiger partial charge in [-0.15, -0.1) is 0 Å². The molecule has 1 aliphatic carbocycles. The molecule has 2 aliphatic rings. The number of pyridine rings is 1. The third-order valence-electron chi connectivity index (χ3n) is 6.27. The van der Waals surface area contributed by atoms with Gasteiger partial charge < -0.3 is 19.5 Å². The summed E-state index contributed by atoms with van der Waals surface area (Å²) in [7, 11) is 1.74. The van der Waals surface area contributed by atoms with E-state index in [2.05, 4.69) is 45.7 Å². The van der Waals surface area contributed by atoms with Crippen molar-refractivity contribution in [3.8, 4) is 0 Å². The summed E-state index contributed by atoms with van der Waals surface area (Å²) in [6.45, 7) is 5.93. The normalized spacial score (nSPS) is 22.8. The summed E-state index contributed by atoms with van der Waals surface area (Å²) in [5, 5.41) is 4.31. The van der Waals surface area contributed by atoms with E-state index >= 15 is 0 Å². The van der Waals surface area contributed by atoms with Gasteiger partial charge in [0.05, 0.1) is 24.4 Å². The Kier molecular flexibility index (Phi) is 5.69. The molecule has 0 amide bonds. The second-order valence-corrected chi connectivity index (χ2v) is 8.33. The second kappa shape index (κ2) is 8.21. The lowest BCUT2D eigenvalue weighted by atomic mass is 9.96. The fourth-order valence-corrected chi connectivity index (χ4v) is 5.33. The molecule has 4 rings (SSSR count). The molecule has 6 heteroatoms. The Balaban J connectivity index is 1.76. The van der Waals surface area contributed by atoms with E-state index < -0.39 is 0 Å². The van der Waals surface area contributed by atoms with Crippen molar-refractivity contribution in [2.24, 2.45) is 0 Å². The number of nitrogens with zero attached hydrogens (tertiary/aromatic N) is 3. The van der Waals surface area contributed by atoms with Crippen LogP contribution >= 0.6 is 12.2 Å². The highest BCUT2D eigenvalue weighted by atomic mass is 32.1. The summed E-state index contributed by atoms with van der Waals surface area (Å²) in [4.78, 5) is 6.91. The van der Waals surface area contributed by atoms with Crippen LogP contribution in [0.25, 0.3) is 0 Å². The molecule has 0 bridgehead atoms. The Morgan fingerprint density at radius 3 is 2.71 bits per heavy atom. The number of aryl methyl sites for hydroxylation is 1. The van der Waals surface area contributed by atoms with E-state index in [0.717, 1.165) is 17.4 Å². The number of aromatic nitrogens is 2. The van der Waals surface area contributed by atoms with Gasteiger partial charge in [-0.2, -0.15) is 0 Å². The van der Waals surface area contributed by atoms with E-state index in [4.69, 9.17) is 17.0 Å². The Morgan fingerprint density at radius 1 is 1.25 bits per heavy atom. The van der Waals surface area contributed by atoms with Gasteiger partial charge in [0.2, 0.25) is 0 Å². The lowest BCUT2D eigenvalue weighted by Gasteiger charge is -2.28. The van der Waals surface area contributed by atoms with Crippen molar-refractivity contribution in [3.05, 3.63) is 53.1 Å². The minimum Gasteiger partial charge on any atom is -0.383 e. The van der Waals surface area contributed by atoms with Crippen LogP contribution in [-0.4, -0.2) is 39.8 Å². The van der Waals surface area contributed by atoms with Gasteiger partial charge >= 0.3 is 0 Å². The van der Waals surface area contributed by atoms with Gasteiger partial charge in [0.1, 0.15) is 0 Å². The summed E-state index contributed by atoms with van der Waals surface area (Å²) in [6, 6.07) is 9.26. The van der Waals surface area contributed by atoms with E-state index in [1.807, 2.05) is 18.3 Å². The van der Waals surface area contributed by atoms with Gasteiger partial charge in [0.25, 0.3) is 0 Å². The lowest BCUT2D eigenvalue weighted by Crippen LogP contribution is -2.32. The van der Waals surface area contributed by atoms with Gasteiger partial charge in [0, 0.05) is 37.3 Å². The first-order chi connectivity index (χ1) is 13.6. The first kappa shape index (κ1) is 19.4. The van der Waals surface area contributed by atoms with Crippen molar-refractivity contribution in [3.63, 3.8) is 0 Å². The third kappa shape index (κ3) is 3.44. The summed E-state index contributed by atoms with van der Waals surface area (Å²) in [6.07, 6.45) is 7.10. The summed E-state index contributed by atoms with van der Waals surface area (Å²) < 4.78 is 7.93. The van der Waals surface area contributed by atoms with Crippen molar-refractivity contribution < 1.29 is 4.74 Å². The molecule has 1 N–H and O–H groups in total. The molecule has 1 saturated heterocycles. The molecule has 0 spiro atoms.